The molecule has 2 heteroatoms. The molecule has 2 aromatic rings. The second-order valence-corrected chi connectivity index (χ2v) is 4.24. The molecular formula is C15H17NO. The SMILES string of the molecule is C=C(CC)CC(O)c1ccnc2ccccc12. The van der Waals surface area contributed by atoms with Crippen molar-refractivity contribution in [1.29, 1.82) is 0 Å². The van der Waals surface area contributed by atoms with Gasteiger partial charge in [-0.05, 0) is 30.5 Å². The first-order valence-corrected chi connectivity index (χ1v) is 5.90. The summed E-state index contributed by atoms with van der Waals surface area (Å²) in [5.41, 5.74) is 2.93. The van der Waals surface area contributed by atoms with Crippen molar-refractivity contribution in [3.8, 4) is 0 Å². The highest BCUT2D eigenvalue weighted by atomic mass is 16.3. The van der Waals surface area contributed by atoms with Crippen LogP contribution in [-0.2, 0) is 0 Å². The maximum atomic E-state index is 10.2. The number of hydrogen-bond acceptors (Lipinski definition) is 2. The topological polar surface area (TPSA) is 33.1 Å². The smallest absolute Gasteiger partial charge is 0.0834 e. The van der Waals surface area contributed by atoms with E-state index in [9.17, 15) is 5.11 Å². The molecule has 0 saturated heterocycles. The van der Waals surface area contributed by atoms with Crippen molar-refractivity contribution >= 4 is 10.9 Å². The maximum Gasteiger partial charge on any atom is 0.0834 e. The van der Waals surface area contributed by atoms with Gasteiger partial charge in [-0.25, -0.2) is 0 Å². The fraction of sp³-hybridized carbons (Fsp3) is 0.267. The highest BCUT2D eigenvalue weighted by Crippen LogP contribution is 2.27. The van der Waals surface area contributed by atoms with E-state index in [1.165, 1.54) is 0 Å². The van der Waals surface area contributed by atoms with E-state index in [4.69, 9.17) is 0 Å². The summed E-state index contributed by atoms with van der Waals surface area (Å²) in [5.74, 6) is 0. The molecule has 0 aliphatic heterocycles. The van der Waals surface area contributed by atoms with Crippen molar-refractivity contribution < 1.29 is 5.11 Å². The van der Waals surface area contributed by atoms with Crippen molar-refractivity contribution in [3.63, 3.8) is 0 Å². The van der Waals surface area contributed by atoms with Crippen LogP contribution in [0.25, 0.3) is 10.9 Å². The van der Waals surface area contributed by atoms with Crippen LogP contribution >= 0.6 is 0 Å². The van der Waals surface area contributed by atoms with Crippen LogP contribution in [0, 0.1) is 0 Å². The number of fused-ring (bicyclic) bond motifs is 1. The molecule has 2 nitrogen and oxygen atoms in total. The predicted octanol–water partition coefficient (Wildman–Crippen LogP) is 3.62. The van der Waals surface area contributed by atoms with Gasteiger partial charge in [0.15, 0.2) is 0 Å². The van der Waals surface area contributed by atoms with Crippen LogP contribution in [0.1, 0.15) is 31.4 Å². The number of benzene rings is 1. The summed E-state index contributed by atoms with van der Waals surface area (Å²) < 4.78 is 0. The van der Waals surface area contributed by atoms with E-state index in [2.05, 4.69) is 18.5 Å². The van der Waals surface area contributed by atoms with E-state index in [1.54, 1.807) is 6.20 Å². The minimum atomic E-state index is -0.490. The first-order valence-electron chi connectivity index (χ1n) is 5.90. The van der Waals surface area contributed by atoms with Crippen LogP contribution in [0.3, 0.4) is 0 Å². The molecule has 1 heterocycles. The van der Waals surface area contributed by atoms with Gasteiger partial charge < -0.3 is 5.11 Å². The normalized spacial score (nSPS) is 12.6. The number of aliphatic hydroxyl groups excluding tert-OH is 1. The Bertz CT molecular complexity index is 528. The number of hydrogen-bond donors (Lipinski definition) is 1. The largest absolute Gasteiger partial charge is 0.388 e. The fourth-order valence-electron chi connectivity index (χ4n) is 1.94. The minimum Gasteiger partial charge on any atom is -0.388 e. The molecule has 0 bridgehead atoms. The summed E-state index contributed by atoms with van der Waals surface area (Å²) in [6, 6.07) is 9.76. The second-order valence-electron chi connectivity index (χ2n) is 4.24. The number of aromatic nitrogens is 1. The Morgan fingerprint density at radius 3 is 2.88 bits per heavy atom. The Morgan fingerprint density at radius 1 is 1.35 bits per heavy atom. The molecule has 88 valence electrons. The molecule has 2 rings (SSSR count). The van der Waals surface area contributed by atoms with E-state index in [0.29, 0.717) is 6.42 Å². The minimum absolute atomic E-state index is 0.490. The van der Waals surface area contributed by atoms with Gasteiger partial charge in [-0.15, -0.1) is 0 Å². The molecule has 1 N–H and O–H groups in total. The Labute approximate surface area is 102 Å². The third kappa shape index (κ3) is 2.53. The zero-order valence-electron chi connectivity index (χ0n) is 10.1. The van der Waals surface area contributed by atoms with Crippen molar-refractivity contribution in [2.45, 2.75) is 25.9 Å². The average molecular weight is 227 g/mol. The lowest BCUT2D eigenvalue weighted by atomic mass is 9.98. The Kier molecular flexibility index (Phi) is 3.55. The summed E-state index contributed by atoms with van der Waals surface area (Å²) in [4.78, 5) is 4.29. The number of aliphatic hydroxyl groups is 1. The van der Waals surface area contributed by atoms with Gasteiger partial charge >= 0.3 is 0 Å². The van der Waals surface area contributed by atoms with Crippen molar-refractivity contribution in [1.82, 2.24) is 4.98 Å². The van der Waals surface area contributed by atoms with Crippen LogP contribution in [0.4, 0.5) is 0 Å². The summed E-state index contributed by atoms with van der Waals surface area (Å²) in [6.45, 7) is 6.00. The van der Waals surface area contributed by atoms with Gasteiger partial charge in [-0.2, -0.15) is 0 Å². The molecule has 0 amide bonds. The Balaban J connectivity index is 2.38. The maximum absolute atomic E-state index is 10.2. The zero-order valence-corrected chi connectivity index (χ0v) is 10.1. The van der Waals surface area contributed by atoms with E-state index in [1.807, 2.05) is 30.3 Å². The van der Waals surface area contributed by atoms with E-state index in [0.717, 1.165) is 28.5 Å². The van der Waals surface area contributed by atoms with Gasteiger partial charge in [0.1, 0.15) is 0 Å². The van der Waals surface area contributed by atoms with Crippen LogP contribution in [-0.4, -0.2) is 10.1 Å². The van der Waals surface area contributed by atoms with Crippen molar-refractivity contribution in [3.05, 3.63) is 54.2 Å². The zero-order chi connectivity index (χ0) is 12.3. The van der Waals surface area contributed by atoms with Gasteiger partial charge in [-0.1, -0.05) is 37.3 Å². The highest BCUT2D eigenvalue weighted by molar-refractivity contribution is 5.82. The quantitative estimate of drug-likeness (QED) is 0.809. The molecule has 0 spiro atoms. The second kappa shape index (κ2) is 5.11. The average Bonchev–Trinajstić information content (AvgIpc) is 2.37. The van der Waals surface area contributed by atoms with Gasteiger partial charge in [0, 0.05) is 11.6 Å². The molecule has 0 aliphatic carbocycles. The van der Waals surface area contributed by atoms with Crippen molar-refractivity contribution in [2.24, 2.45) is 0 Å². The lowest BCUT2D eigenvalue weighted by Crippen LogP contribution is -2.00. The van der Waals surface area contributed by atoms with Gasteiger partial charge in [-0.3, -0.25) is 4.98 Å². The number of rotatable bonds is 4. The summed E-state index contributed by atoms with van der Waals surface area (Å²) in [7, 11) is 0. The van der Waals surface area contributed by atoms with Crippen LogP contribution < -0.4 is 0 Å². The highest BCUT2D eigenvalue weighted by Gasteiger charge is 2.11. The number of pyridine rings is 1. The third-order valence-corrected chi connectivity index (χ3v) is 3.02. The fourth-order valence-corrected chi connectivity index (χ4v) is 1.94. The van der Waals surface area contributed by atoms with Crippen LogP contribution in [0.2, 0.25) is 0 Å². The van der Waals surface area contributed by atoms with Crippen molar-refractivity contribution in [2.75, 3.05) is 0 Å². The summed E-state index contributed by atoms with van der Waals surface area (Å²) in [6.07, 6.45) is 2.77. The Hall–Kier alpha value is -1.67. The third-order valence-electron chi connectivity index (χ3n) is 3.02. The molecule has 0 aliphatic rings. The molecule has 0 saturated carbocycles. The lowest BCUT2D eigenvalue weighted by Gasteiger charge is -2.14. The molecule has 1 aromatic carbocycles. The van der Waals surface area contributed by atoms with Gasteiger partial charge in [0.2, 0.25) is 0 Å². The number of para-hydroxylation sites is 1. The molecule has 0 radical (unpaired) electrons. The van der Waals surface area contributed by atoms with E-state index < -0.39 is 6.10 Å². The molecule has 17 heavy (non-hydrogen) atoms. The summed E-state index contributed by atoms with van der Waals surface area (Å²) in [5, 5.41) is 11.3. The lowest BCUT2D eigenvalue weighted by molar-refractivity contribution is 0.179. The number of nitrogens with zero attached hydrogens (tertiary/aromatic N) is 1. The summed E-state index contributed by atoms with van der Waals surface area (Å²) >= 11 is 0. The first kappa shape index (κ1) is 11.8. The van der Waals surface area contributed by atoms with E-state index in [-0.39, 0.29) is 0 Å². The Morgan fingerprint density at radius 2 is 2.12 bits per heavy atom. The van der Waals surface area contributed by atoms with Gasteiger partial charge in [0.25, 0.3) is 0 Å². The van der Waals surface area contributed by atoms with E-state index >= 15 is 0 Å². The molecule has 1 atom stereocenters. The standard InChI is InChI=1S/C15H17NO/c1-3-11(2)10-15(17)13-8-9-16-14-7-5-4-6-12(13)14/h4-9,15,17H,2-3,10H2,1H3. The van der Waals surface area contributed by atoms with Crippen LogP contribution in [0.5, 0.6) is 0 Å². The molecular weight excluding hydrogens is 210 g/mol. The first-order chi connectivity index (χ1) is 8.22. The van der Waals surface area contributed by atoms with Crippen LogP contribution in [0.15, 0.2) is 48.7 Å². The molecule has 1 aromatic heterocycles. The predicted molar refractivity (Wildman–Crippen MR) is 70.8 cm³/mol. The van der Waals surface area contributed by atoms with Gasteiger partial charge in [0.05, 0.1) is 11.6 Å². The molecule has 1 unspecified atom stereocenters. The molecule has 0 fully saturated rings. The monoisotopic (exact) mass is 227 g/mol.